The summed E-state index contributed by atoms with van der Waals surface area (Å²) in [5, 5.41) is 2.64. The number of nitrogens with one attached hydrogen (secondary N) is 1. The molecule has 1 aliphatic rings. The van der Waals surface area contributed by atoms with Crippen LogP contribution in [0.5, 0.6) is 0 Å². The molecule has 1 fully saturated rings. The van der Waals surface area contributed by atoms with Gasteiger partial charge in [0.2, 0.25) is 0 Å². The highest BCUT2D eigenvalue weighted by molar-refractivity contribution is 14.0. The minimum atomic E-state index is -0.555. The molecule has 0 aliphatic heterocycles. The molecule has 0 bridgehead atoms. The molecule has 1 aromatic rings. The fourth-order valence-corrected chi connectivity index (χ4v) is 3.22. The van der Waals surface area contributed by atoms with Gasteiger partial charge in [-0.05, 0) is 45.0 Å². The van der Waals surface area contributed by atoms with Crippen molar-refractivity contribution in [2.45, 2.75) is 38.1 Å². The smallest absolute Gasteiger partial charge is 0.193 e. The van der Waals surface area contributed by atoms with Crippen LogP contribution in [0.25, 0.3) is 0 Å². The number of guanidine groups is 1. The van der Waals surface area contributed by atoms with Crippen LogP contribution in [0.1, 0.15) is 32.1 Å². The molecule has 1 unspecified atom stereocenters. The van der Waals surface area contributed by atoms with E-state index in [4.69, 9.17) is 5.73 Å². The normalized spacial score (nSPS) is 17.5. The topological polar surface area (TPSA) is 53.6 Å². The highest BCUT2D eigenvalue weighted by Crippen LogP contribution is 2.28. The second kappa shape index (κ2) is 10.1. The van der Waals surface area contributed by atoms with Gasteiger partial charge in [-0.1, -0.05) is 19.3 Å². The van der Waals surface area contributed by atoms with Gasteiger partial charge < -0.3 is 16.0 Å². The number of anilines is 1. The minimum Gasteiger partial charge on any atom is -0.370 e. The van der Waals surface area contributed by atoms with Crippen molar-refractivity contribution >= 4 is 35.6 Å². The lowest BCUT2D eigenvalue weighted by Crippen LogP contribution is -2.39. The van der Waals surface area contributed by atoms with Crippen LogP contribution in [0.15, 0.2) is 23.2 Å². The minimum absolute atomic E-state index is 0. The summed E-state index contributed by atoms with van der Waals surface area (Å²) < 4.78 is 26.8. The van der Waals surface area contributed by atoms with Gasteiger partial charge in [0.15, 0.2) is 5.96 Å². The van der Waals surface area contributed by atoms with Crippen LogP contribution in [0.4, 0.5) is 14.5 Å². The standard InChI is InChI=1S/C17H26F2N4.HI/c1-23(2)16(12-6-4-3-5-7-12)11-21-17(20)22-15-10-13(18)8-9-14(15)19;/h8-10,12,16H,3-7,11H2,1-2H3,(H3,20,21,22);1H. The van der Waals surface area contributed by atoms with Crippen LogP contribution in [0.2, 0.25) is 0 Å². The molecule has 4 nitrogen and oxygen atoms in total. The van der Waals surface area contributed by atoms with Gasteiger partial charge in [0, 0.05) is 12.1 Å². The van der Waals surface area contributed by atoms with E-state index in [0.29, 0.717) is 18.5 Å². The Morgan fingerprint density at radius 1 is 1.29 bits per heavy atom. The second-order valence-electron chi connectivity index (χ2n) is 6.40. The molecule has 1 aliphatic carbocycles. The van der Waals surface area contributed by atoms with Gasteiger partial charge in [0.25, 0.3) is 0 Å². The predicted molar refractivity (Wildman–Crippen MR) is 106 cm³/mol. The van der Waals surface area contributed by atoms with Crippen LogP contribution in [-0.2, 0) is 0 Å². The number of benzene rings is 1. The van der Waals surface area contributed by atoms with Crippen LogP contribution >= 0.6 is 24.0 Å². The van der Waals surface area contributed by atoms with E-state index in [9.17, 15) is 8.78 Å². The largest absolute Gasteiger partial charge is 0.370 e. The molecular weight excluding hydrogens is 425 g/mol. The SMILES string of the molecule is CN(C)C(CN=C(N)Nc1cc(F)ccc1F)C1CCCCC1.I. The Kier molecular flexibility index (Phi) is 8.90. The number of nitrogens with zero attached hydrogens (tertiary/aromatic N) is 2. The summed E-state index contributed by atoms with van der Waals surface area (Å²) in [5.41, 5.74) is 5.84. The highest BCUT2D eigenvalue weighted by atomic mass is 127. The number of aliphatic imine (C=N–C) groups is 1. The molecule has 24 heavy (non-hydrogen) atoms. The maximum absolute atomic E-state index is 13.6. The molecule has 0 saturated heterocycles. The molecule has 0 radical (unpaired) electrons. The number of halogens is 3. The summed E-state index contributed by atoms with van der Waals surface area (Å²) in [6.07, 6.45) is 6.26. The lowest BCUT2D eigenvalue weighted by Gasteiger charge is -2.33. The van der Waals surface area contributed by atoms with E-state index in [-0.39, 0.29) is 35.6 Å². The maximum Gasteiger partial charge on any atom is 0.193 e. The Bertz CT molecular complexity index is 545. The van der Waals surface area contributed by atoms with Crippen molar-refractivity contribution in [2.75, 3.05) is 26.0 Å². The summed E-state index contributed by atoms with van der Waals surface area (Å²) in [6.45, 7) is 0.549. The zero-order valence-electron chi connectivity index (χ0n) is 14.3. The summed E-state index contributed by atoms with van der Waals surface area (Å²) in [5.74, 6) is -0.352. The molecule has 1 aromatic carbocycles. The lowest BCUT2D eigenvalue weighted by molar-refractivity contribution is 0.176. The van der Waals surface area contributed by atoms with Crippen LogP contribution in [-0.4, -0.2) is 37.5 Å². The van der Waals surface area contributed by atoms with Gasteiger partial charge in [0.05, 0.1) is 12.2 Å². The molecule has 0 amide bonds. The van der Waals surface area contributed by atoms with E-state index in [0.717, 1.165) is 18.2 Å². The van der Waals surface area contributed by atoms with Gasteiger partial charge in [0.1, 0.15) is 11.6 Å². The third kappa shape index (κ3) is 6.16. The third-order valence-corrected chi connectivity index (χ3v) is 4.50. The average molecular weight is 452 g/mol. The van der Waals surface area contributed by atoms with Gasteiger partial charge >= 0.3 is 0 Å². The number of nitrogens with two attached hydrogens (primary N) is 1. The van der Waals surface area contributed by atoms with E-state index in [1.54, 1.807) is 0 Å². The number of likely N-dealkylation sites (N-methyl/N-ethyl adjacent to an activating group) is 1. The number of hydrogen-bond donors (Lipinski definition) is 2. The average Bonchev–Trinajstić information content (AvgIpc) is 2.52. The second-order valence-corrected chi connectivity index (χ2v) is 6.40. The lowest BCUT2D eigenvalue weighted by atomic mass is 9.83. The van der Waals surface area contributed by atoms with Crippen molar-refractivity contribution < 1.29 is 8.78 Å². The monoisotopic (exact) mass is 452 g/mol. The highest BCUT2D eigenvalue weighted by Gasteiger charge is 2.25. The summed E-state index contributed by atoms with van der Waals surface area (Å²) >= 11 is 0. The van der Waals surface area contributed by atoms with Crippen molar-refractivity contribution in [3.63, 3.8) is 0 Å². The molecule has 2 rings (SSSR count). The van der Waals surface area contributed by atoms with Crippen molar-refractivity contribution in [1.82, 2.24) is 4.90 Å². The van der Waals surface area contributed by atoms with E-state index in [1.807, 2.05) is 14.1 Å². The zero-order valence-corrected chi connectivity index (χ0v) is 16.6. The van der Waals surface area contributed by atoms with E-state index in [2.05, 4.69) is 15.2 Å². The van der Waals surface area contributed by atoms with Crippen LogP contribution in [0.3, 0.4) is 0 Å². The molecular formula is C17H27F2IN4. The van der Waals surface area contributed by atoms with Crippen molar-refractivity contribution in [2.24, 2.45) is 16.6 Å². The Morgan fingerprint density at radius 2 is 1.96 bits per heavy atom. The summed E-state index contributed by atoms with van der Waals surface area (Å²) in [4.78, 5) is 6.52. The zero-order chi connectivity index (χ0) is 16.8. The first kappa shape index (κ1) is 21.1. The molecule has 136 valence electrons. The van der Waals surface area contributed by atoms with Gasteiger partial charge in [-0.3, -0.25) is 4.99 Å². The van der Waals surface area contributed by atoms with Crippen LogP contribution < -0.4 is 11.1 Å². The third-order valence-electron chi connectivity index (χ3n) is 4.50. The fourth-order valence-electron chi connectivity index (χ4n) is 3.22. The molecule has 3 N–H and O–H groups in total. The Labute approximate surface area is 159 Å². The van der Waals surface area contributed by atoms with Crippen molar-refractivity contribution in [3.05, 3.63) is 29.8 Å². The quantitative estimate of drug-likeness (QED) is 0.406. The molecule has 0 heterocycles. The summed E-state index contributed by atoms with van der Waals surface area (Å²) in [7, 11) is 4.09. The van der Waals surface area contributed by atoms with E-state index in [1.165, 1.54) is 32.1 Å². The Morgan fingerprint density at radius 3 is 2.58 bits per heavy atom. The molecule has 0 aromatic heterocycles. The van der Waals surface area contributed by atoms with Gasteiger partial charge in [-0.2, -0.15) is 0 Å². The van der Waals surface area contributed by atoms with E-state index >= 15 is 0 Å². The first-order valence-corrected chi connectivity index (χ1v) is 8.16. The van der Waals surface area contributed by atoms with Gasteiger partial charge in [-0.25, -0.2) is 8.78 Å². The van der Waals surface area contributed by atoms with E-state index < -0.39 is 11.6 Å². The summed E-state index contributed by atoms with van der Waals surface area (Å²) in [6, 6.07) is 3.52. The predicted octanol–water partition coefficient (Wildman–Crippen LogP) is 3.82. The fraction of sp³-hybridized carbons (Fsp3) is 0.588. The Balaban J connectivity index is 0.00000288. The van der Waals surface area contributed by atoms with Crippen molar-refractivity contribution in [3.8, 4) is 0 Å². The number of rotatable bonds is 5. The molecule has 1 atom stereocenters. The first-order chi connectivity index (χ1) is 11.0. The molecule has 1 saturated carbocycles. The number of hydrogen-bond acceptors (Lipinski definition) is 2. The van der Waals surface area contributed by atoms with Crippen LogP contribution in [0, 0.1) is 17.6 Å². The molecule has 0 spiro atoms. The Hall–Kier alpha value is -0.960. The molecule has 7 heteroatoms. The maximum atomic E-state index is 13.6. The van der Waals surface area contributed by atoms with Crippen molar-refractivity contribution in [1.29, 1.82) is 0 Å². The van der Waals surface area contributed by atoms with Gasteiger partial charge in [-0.15, -0.1) is 24.0 Å². The first-order valence-electron chi connectivity index (χ1n) is 8.16.